The lowest BCUT2D eigenvalue weighted by Crippen LogP contribution is -2.21. The second-order valence-corrected chi connectivity index (χ2v) is 5.37. The average molecular weight is 263 g/mol. The molecule has 0 radical (unpaired) electrons. The van der Waals surface area contributed by atoms with E-state index in [4.69, 9.17) is 0 Å². The van der Waals surface area contributed by atoms with Crippen LogP contribution in [-0.2, 0) is 0 Å². The van der Waals surface area contributed by atoms with Crippen molar-refractivity contribution in [1.82, 2.24) is 0 Å². The van der Waals surface area contributed by atoms with Crippen molar-refractivity contribution in [3.8, 4) is 0 Å². The molecule has 1 aliphatic rings. The van der Waals surface area contributed by atoms with Crippen molar-refractivity contribution in [3.63, 3.8) is 0 Å². The zero-order valence-electron chi connectivity index (χ0n) is 11.2. The molecule has 1 saturated carbocycles. The summed E-state index contributed by atoms with van der Waals surface area (Å²) in [6, 6.07) is 5.41. The Kier molecular flexibility index (Phi) is 4.43. The summed E-state index contributed by atoms with van der Waals surface area (Å²) in [6.45, 7) is 2.84. The number of hydrogen-bond donors (Lipinski definition) is 3. The maximum absolute atomic E-state index is 11.2. The highest BCUT2D eigenvalue weighted by molar-refractivity contribution is 5.94. The van der Waals surface area contributed by atoms with E-state index in [0.717, 1.165) is 31.4 Å². The molecule has 4 heteroatoms. The molecule has 0 spiro atoms. The first-order valence-electron chi connectivity index (χ1n) is 6.80. The number of carboxylic acid groups (broad SMARTS) is 1. The van der Waals surface area contributed by atoms with Gasteiger partial charge >= 0.3 is 5.97 Å². The summed E-state index contributed by atoms with van der Waals surface area (Å²) in [5.74, 6) is -0.115. The predicted molar refractivity (Wildman–Crippen MR) is 74.5 cm³/mol. The van der Waals surface area contributed by atoms with Crippen LogP contribution in [0.15, 0.2) is 18.2 Å². The maximum atomic E-state index is 11.2. The Bertz CT molecular complexity index is 459. The minimum Gasteiger partial charge on any atom is -0.478 e. The number of aliphatic hydroxyl groups is 1. The van der Waals surface area contributed by atoms with Gasteiger partial charge in [0.25, 0.3) is 0 Å². The minimum atomic E-state index is -0.906. The first-order valence-corrected chi connectivity index (χ1v) is 6.80. The van der Waals surface area contributed by atoms with Gasteiger partial charge in [0.05, 0.1) is 5.56 Å². The summed E-state index contributed by atoms with van der Waals surface area (Å²) < 4.78 is 0. The standard InChI is InChI=1S/C15H21NO3/c1-10-5-6-14(13(7-10)15(18)19)16-8-11-3-2-4-12(11)9-17/h5-7,11-12,16-17H,2-4,8-9H2,1H3,(H,18,19). The van der Waals surface area contributed by atoms with Crippen LogP contribution >= 0.6 is 0 Å². The van der Waals surface area contributed by atoms with Gasteiger partial charge in [0.15, 0.2) is 0 Å². The molecule has 3 N–H and O–H groups in total. The van der Waals surface area contributed by atoms with E-state index in [2.05, 4.69) is 5.32 Å². The highest BCUT2D eigenvalue weighted by Crippen LogP contribution is 2.31. The Morgan fingerprint density at radius 2 is 2.11 bits per heavy atom. The van der Waals surface area contributed by atoms with Crippen LogP contribution in [0.3, 0.4) is 0 Å². The van der Waals surface area contributed by atoms with Crippen molar-refractivity contribution in [2.24, 2.45) is 11.8 Å². The molecule has 104 valence electrons. The smallest absolute Gasteiger partial charge is 0.337 e. The predicted octanol–water partition coefficient (Wildman–Crippen LogP) is 2.51. The normalized spacial score (nSPS) is 22.4. The summed E-state index contributed by atoms with van der Waals surface area (Å²) in [5, 5.41) is 21.7. The number of aliphatic hydroxyl groups excluding tert-OH is 1. The fourth-order valence-corrected chi connectivity index (χ4v) is 2.85. The lowest BCUT2D eigenvalue weighted by Gasteiger charge is -2.19. The first-order chi connectivity index (χ1) is 9.11. The maximum Gasteiger partial charge on any atom is 0.337 e. The molecule has 0 heterocycles. The van der Waals surface area contributed by atoms with E-state index in [1.165, 1.54) is 0 Å². The quantitative estimate of drug-likeness (QED) is 0.763. The lowest BCUT2D eigenvalue weighted by molar-refractivity contribution is 0.0697. The molecule has 1 aromatic rings. The van der Waals surface area contributed by atoms with E-state index in [1.807, 2.05) is 19.1 Å². The molecule has 0 saturated heterocycles. The number of aryl methyl sites for hydroxylation is 1. The van der Waals surface area contributed by atoms with Gasteiger partial charge in [-0.1, -0.05) is 18.1 Å². The first kappa shape index (κ1) is 13.9. The number of aromatic carboxylic acids is 1. The fraction of sp³-hybridized carbons (Fsp3) is 0.533. The van der Waals surface area contributed by atoms with Crippen molar-refractivity contribution in [1.29, 1.82) is 0 Å². The van der Waals surface area contributed by atoms with Gasteiger partial charge in [-0.05, 0) is 43.7 Å². The van der Waals surface area contributed by atoms with Gasteiger partial charge in [0.1, 0.15) is 0 Å². The molecule has 19 heavy (non-hydrogen) atoms. The van der Waals surface area contributed by atoms with Gasteiger partial charge in [-0.3, -0.25) is 0 Å². The summed E-state index contributed by atoms with van der Waals surface area (Å²) >= 11 is 0. The molecule has 1 aromatic carbocycles. The number of carboxylic acids is 1. The number of rotatable bonds is 5. The second kappa shape index (κ2) is 6.06. The molecule has 0 amide bonds. The molecule has 4 nitrogen and oxygen atoms in total. The summed E-state index contributed by atoms with van der Waals surface area (Å²) in [4.78, 5) is 11.2. The summed E-state index contributed by atoms with van der Waals surface area (Å²) in [7, 11) is 0. The van der Waals surface area contributed by atoms with Gasteiger partial charge in [0, 0.05) is 18.8 Å². The lowest BCUT2D eigenvalue weighted by atomic mass is 9.96. The zero-order valence-corrected chi connectivity index (χ0v) is 11.2. The van der Waals surface area contributed by atoms with Crippen LogP contribution in [0.1, 0.15) is 35.2 Å². The third kappa shape index (κ3) is 3.26. The number of anilines is 1. The van der Waals surface area contributed by atoms with E-state index in [0.29, 0.717) is 23.1 Å². The summed E-state index contributed by atoms with van der Waals surface area (Å²) in [5.41, 5.74) is 1.93. The molecule has 2 rings (SSSR count). The monoisotopic (exact) mass is 263 g/mol. The Labute approximate surface area is 113 Å². The van der Waals surface area contributed by atoms with Crippen molar-refractivity contribution < 1.29 is 15.0 Å². The molecular weight excluding hydrogens is 242 g/mol. The molecule has 0 bridgehead atoms. The molecule has 0 aromatic heterocycles. The SMILES string of the molecule is Cc1ccc(NCC2CCCC2CO)c(C(=O)O)c1. The number of carbonyl (C=O) groups is 1. The van der Waals surface area contributed by atoms with Gasteiger partial charge < -0.3 is 15.5 Å². The second-order valence-electron chi connectivity index (χ2n) is 5.37. The van der Waals surface area contributed by atoms with Gasteiger partial charge in [-0.15, -0.1) is 0 Å². The molecular formula is C15H21NO3. The van der Waals surface area contributed by atoms with Crippen molar-refractivity contribution in [2.75, 3.05) is 18.5 Å². The van der Waals surface area contributed by atoms with Crippen LogP contribution in [-0.4, -0.2) is 29.3 Å². The Hall–Kier alpha value is -1.55. The van der Waals surface area contributed by atoms with Gasteiger partial charge in [0.2, 0.25) is 0 Å². The third-order valence-electron chi connectivity index (χ3n) is 4.01. The molecule has 1 fully saturated rings. The van der Waals surface area contributed by atoms with E-state index < -0.39 is 5.97 Å². The zero-order chi connectivity index (χ0) is 13.8. The van der Waals surface area contributed by atoms with E-state index in [-0.39, 0.29) is 6.61 Å². The summed E-state index contributed by atoms with van der Waals surface area (Å²) in [6.07, 6.45) is 3.33. The Morgan fingerprint density at radius 1 is 1.37 bits per heavy atom. The van der Waals surface area contributed by atoms with Crippen LogP contribution in [0.4, 0.5) is 5.69 Å². The van der Waals surface area contributed by atoms with Crippen molar-refractivity contribution >= 4 is 11.7 Å². The fourth-order valence-electron chi connectivity index (χ4n) is 2.85. The van der Waals surface area contributed by atoms with Crippen molar-refractivity contribution in [2.45, 2.75) is 26.2 Å². The van der Waals surface area contributed by atoms with Crippen LogP contribution in [0, 0.1) is 18.8 Å². The van der Waals surface area contributed by atoms with Crippen LogP contribution in [0.2, 0.25) is 0 Å². The number of benzene rings is 1. The Balaban J connectivity index is 2.05. The van der Waals surface area contributed by atoms with Gasteiger partial charge in [-0.25, -0.2) is 4.79 Å². The number of nitrogens with one attached hydrogen (secondary N) is 1. The molecule has 1 aliphatic carbocycles. The van der Waals surface area contributed by atoms with E-state index >= 15 is 0 Å². The molecule has 2 atom stereocenters. The Morgan fingerprint density at radius 3 is 2.79 bits per heavy atom. The molecule has 0 aliphatic heterocycles. The highest BCUT2D eigenvalue weighted by Gasteiger charge is 2.26. The minimum absolute atomic E-state index is 0.228. The van der Waals surface area contributed by atoms with Crippen molar-refractivity contribution in [3.05, 3.63) is 29.3 Å². The molecule has 2 unspecified atom stereocenters. The van der Waals surface area contributed by atoms with Crippen LogP contribution in [0.25, 0.3) is 0 Å². The highest BCUT2D eigenvalue weighted by atomic mass is 16.4. The van der Waals surface area contributed by atoms with Crippen LogP contribution in [0.5, 0.6) is 0 Å². The largest absolute Gasteiger partial charge is 0.478 e. The third-order valence-corrected chi connectivity index (χ3v) is 4.01. The topological polar surface area (TPSA) is 69.6 Å². The van der Waals surface area contributed by atoms with E-state index in [9.17, 15) is 15.0 Å². The van der Waals surface area contributed by atoms with Crippen LogP contribution < -0.4 is 5.32 Å². The average Bonchev–Trinajstić information content (AvgIpc) is 2.84. The van der Waals surface area contributed by atoms with Gasteiger partial charge in [-0.2, -0.15) is 0 Å². The number of hydrogen-bond acceptors (Lipinski definition) is 3. The van der Waals surface area contributed by atoms with E-state index in [1.54, 1.807) is 6.07 Å².